The highest BCUT2D eigenvalue weighted by molar-refractivity contribution is 7.19. The number of nitrogens with one attached hydrogen (secondary N) is 1. The zero-order chi connectivity index (χ0) is 13.8. The van der Waals surface area contributed by atoms with Gasteiger partial charge >= 0.3 is 0 Å². The van der Waals surface area contributed by atoms with Gasteiger partial charge in [-0.05, 0) is 6.42 Å². The summed E-state index contributed by atoms with van der Waals surface area (Å²) in [5.74, 6) is 0. The van der Waals surface area contributed by atoms with Gasteiger partial charge in [-0.2, -0.15) is 0 Å². The van der Waals surface area contributed by atoms with E-state index in [4.69, 9.17) is 0 Å². The fourth-order valence-corrected chi connectivity index (χ4v) is 3.27. The van der Waals surface area contributed by atoms with Crippen molar-refractivity contribution < 1.29 is 0 Å². The van der Waals surface area contributed by atoms with Crippen LogP contribution in [0.3, 0.4) is 0 Å². The van der Waals surface area contributed by atoms with Crippen LogP contribution >= 0.6 is 22.7 Å². The minimum absolute atomic E-state index is 0.795. The molecule has 0 amide bonds. The molecule has 0 saturated carbocycles. The normalized spacial score (nSPS) is 10.7. The van der Waals surface area contributed by atoms with E-state index in [0.717, 1.165) is 39.4 Å². The zero-order valence-electron chi connectivity index (χ0n) is 10.9. The smallest absolute Gasteiger partial charge is 0.183 e. The number of anilines is 1. The van der Waals surface area contributed by atoms with E-state index in [1.807, 2.05) is 11.6 Å². The Labute approximate surface area is 124 Å². The molecule has 1 N–H and O–H groups in total. The van der Waals surface area contributed by atoms with Gasteiger partial charge in [0.2, 0.25) is 0 Å². The number of hydrogen-bond acceptors (Lipinski definition) is 7. The lowest BCUT2D eigenvalue weighted by Crippen LogP contribution is -1.98. The summed E-state index contributed by atoms with van der Waals surface area (Å²) in [5, 5.41) is 7.16. The number of hydrogen-bond donors (Lipinski definition) is 1. The summed E-state index contributed by atoms with van der Waals surface area (Å²) in [6.07, 6.45) is 7.98. The van der Waals surface area contributed by atoms with E-state index in [-0.39, 0.29) is 0 Å². The predicted molar refractivity (Wildman–Crippen MR) is 83.0 cm³/mol. The number of thiazole rings is 2. The van der Waals surface area contributed by atoms with Crippen LogP contribution in [-0.2, 0) is 0 Å². The summed E-state index contributed by atoms with van der Waals surface area (Å²) in [4.78, 5) is 18.3. The first-order valence-corrected chi connectivity index (χ1v) is 7.98. The molecule has 7 heteroatoms. The fraction of sp³-hybridized carbons (Fsp3) is 0.231. The summed E-state index contributed by atoms with van der Waals surface area (Å²) in [6.45, 7) is 3.08. The summed E-state index contributed by atoms with van der Waals surface area (Å²) >= 11 is 3.20. The Bertz CT molecular complexity index is 677. The Hall–Kier alpha value is -1.86. The van der Waals surface area contributed by atoms with Gasteiger partial charge in [0, 0.05) is 30.5 Å². The van der Waals surface area contributed by atoms with E-state index in [1.54, 1.807) is 41.3 Å². The van der Waals surface area contributed by atoms with Gasteiger partial charge in [0.05, 0.1) is 16.8 Å². The highest BCUT2D eigenvalue weighted by atomic mass is 32.1. The molecule has 0 aromatic carbocycles. The van der Waals surface area contributed by atoms with Gasteiger partial charge < -0.3 is 5.32 Å². The maximum absolute atomic E-state index is 4.57. The Kier molecular flexibility index (Phi) is 3.98. The third-order valence-electron chi connectivity index (χ3n) is 2.57. The molecule has 0 fully saturated rings. The van der Waals surface area contributed by atoms with E-state index >= 15 is 0 Å². The molecule has 3 aromatic rings. The van der Waals surface area contributed by atoms with Crippen LogP contribution in [0.15, 0.2) is 30.2 Å². The van der Waals surface area contributed by atoms with Crippen LogP contribution in [0.4, 0.5) is 5.13 Å². The molecule has 0 aliphatic heterocycles. The maximum atomic E-state index is 4.57. The van der Waals surface area contributed by atoms with Crippen molar-refractivity contribution in [3.8, 4) is 21.3 Å². The monoisotopic (exact) mass is 303 g/mol. The highest BCUT2D eigenvalue weighted by Crippen LogP contribution is 2.32. The average molecular weight is 303 g/mol. The molecule has 0 radical (unpaired) electrons. The van der Waals surface area contributed by atoms with E-state index in [0.29, 0.717) is 0 Å². The molecule has 0 aliphatic carbocycles. The average Bonchev–Trinajstić information content (AvgIpc) is 3.15. The van der Waals surface area contributed by atoms with Crippen LogP contribution in [0.5, 0.6) is 0 Å². The van der Waals surface area contributed by atoms with Crippen LogP contribution in [0.25, 0.3) is 21.3 Å². The molecule has 0 bridgehead atoms. The SMILES string of the molecule is CCCNc1nc(-c2cnc(-c3cnccn3)s2)cs1. The third kappa shape index (κ3) is 2.83. The number of nitrogens with zero attached hydrogens (tertiary/aromatic N) is 4. The van der Waals surface area contributed by atoms with Crippen molar-refractivity contribution in [2.45, 2.75) is 13.3 Å². The van der Waals surface area contributed by atoms with Crippen LogP contribution in [0, 0.1) is 0 Å². The third-order valence-corrected chi connectivity index (χ3v) is 4.41. The van der Waals surface area contributed by atoms with Crippen LogP contribution in [0.1, 0.15) is 13.3 Å². The van der Waals surface area contributed by atoms with E-state index in [1.165, 1.54) is 0 Å². The Morgan fingerprint density at radius 2 is 2.10 bits per heavy atom. The van der Waals surface area contributed by atoms with Crippen molar-refractivity contribution in [1.82, 2.24) is 19.9 Å². The van der Waals surface area contributed by atoms with E-state index in [9.17, 15) is 0 Å². The van der Waals surface area contributed by atoms with Crippen molar-refractivity contribution in [2.24, 2.45) is 0 Å². The first-order chi connectivity index (χ1) is 9.86. The Morgan fingerprint density at radius 1 is 1.15 bits per heavy atom. The highest BCUT2D eigenvalue weighted by Gasteiger charge is 2.10. The lowest BCUT2D eigenvalue weighted by atomic mass is 10.4. The first-order valence-electron chi connectivity index (χ1n) is 6.29. The largest absolute Gasteiger partial charge is 0.362 e. The lowest BCUT2D eigenvalue weighted by molar-refractivity contribution is 0.976. The van der Waals surface area contributed by atoms with Crippen molar-refractivity contribution in [2.75, 3.05) is 11.9 Å². The molecular weight excluding hydrogens is 290 g/mol. The van der Waals surface area contributed by atoms with Crippen LogP contribution in [-0.4, -0.2) is 26.5 Å². The quantitative estimate of drug-likeness (QED) is 0.781. The summed E-state index contributed by atoms with van der Waals surface area (Å²) in [7, 11) is 0. The summed E-state index contributed by atoms with van der Waals surface area (Å²) in [5.41, 5.74) is 1.75. The number of rotatable bonds is 5. The second-order valence-corrected chi connectivity index (χ2v) is 5.97. The van der Waals surface area contributed by atoms with Crippen LogP contribution < -0.4 is 5.32 Å². The molecule has 3 aromatic heterocycles. The van der Waals surface area contributed by atoms with Gasteiger partial charge in [-0.15, -0.1) is 22.7 Å². The fourth-order valence-electron chi connectivity index (χ4n) is 1.62. The molecular formula is C13H13N5S2. The molecule has 102 valence electrons. The molecule has 0 saturated heterocycles. The van der Waals surface area contributed by atoms with Crippen molar-refractivity contribution in [3.63, 3.8) is 0 Å². The minimum Gasteiger partial charge on any atom is -0.362 e. The first kappa shape index (κ1) is 13.1. The predicted octanol–water partition coefficient (Wildman–Crippen LogP) is 3.55. The summed E-state index contributed by atoms with van der Waals surface area (Å²) < 4.78 is 0. The molecule has 20 heavy (non-hydrogen) atoms. The van der Waals surface area contributed by atoms with E-state index in [2.05, 4.69) is 32.2 Å². The minimum atomic E-state index is 0.795. The maximum Gasteiger partial charge on any atom is 0.183 e. The van der Waals surface area contributed by atoms with Gasteiger partial charge in [0.15, 0.2) is 5.13 Å². The molecule has 0 aliphatic rings. The molecule has 0 unspecified atom stereocenters. The second-order valence-electron chi connectivity index (χ2n) is 4.08. The molecule has 5 nitrogen and oxygen atoms in total. The van der Waals surface area contributed by atoms with Gasteiger partial charge in [-0.1, -0.05) is 6.92 Å². The van der Waals surface area contributed by atoms with Crippen molar-refractivity contribution in [3.05, 3.63) is 30.2 Å². The lowest BCUT2D eigenvalue weighted by Gasteiger charge is -1.96. The topological polar surface area (TPSA) is 63.6 Å². The molecule has 3 heterocycles. The van der Waals surface area contributed by atoms with Crippen LogP contribution in [0.2, 0.25) is 0 Å². The van der Waals surface area contributed by atoms with Gasteiger partial charge in [-0.3, -0.25) is 9.97 Å². The van der Waals surface area contributed by atoms with Crippen molar-refractivity contribution in [1.29, 1.82) is 0 Å². The van der Waals surface area contributed by atoms with Gasteiger partial charge in [0.1, 0.15) is 10.7 Å². The molecule has 3 rings (SSSR count). The number of aromatic nitrogens is 4. The van der Waals surface area contributed by atoms with Gasteiger partial charge in [-0.25, -0.2) is 9.97 Å². The van der Waals surface area contributed by atoms with Crippen molar-refractivity contribution >= 4 is 27.8 Å². The molecule has 0 atom stereocenters. The standard InChI is InChI=1S/C13H13N5S2/c1-2-3-16-13-18-10(8-19-13)11-7-17-12(20-11)9-6-14-4-5-15-9/h4-8H,2-3H2,1H3,(H,16,18). The molecule has 0 spiro atoms. The Morgan fingerprint density at radius 3 is 2.90 bits per heavy atom. The van der Waals surface area contributed by atoms with Gasteiger partial charge in [0.25, 0.3) is 0 Å². The second kappa shape index (κ2) is 6.06. The Balaban J connectivity index is 1.81. The van der Waals surface area contributed by atoms with E-state index < -0.39 is 0 Å². The summed E-state index contributed by atoms with van der Waals surface area (Å²) in [6, 6.07) is 0. The zero-order valence-corrected chi connectivity index (χ0v) is 12.5.